The number of ether oxygens (including phenoxy) is 15. The van der Waals surface area contributed by atoms with E-state index in [1.165, 1.54) is 0 Å². The summed E-state index contributed by atoms with van der Waals surface area (Å²) in [4.78, 5) is 150. The maximum Gasteiger partial charge on any atom is 0.482 e. The van der Waals surface area contributed by atoms with E-state index >= 15 is 4.57 Å². The first-order chi connectivity index (χ1) is 34.4. The van der Waals surface area contributed by atoms with Crippen molar-refractivity contribution < 1.29 is 147 Å². The minimum Gasteiger partial charge on any atom is -0.463 e. The third-order valence-electron chi connectivity index (χ3n) is 9.54. The first kappa shape index (κ1) is 61.9. The highest BCUT2D eigenvalue weighted by Crippen LogP contribution is 2.57. The molecule has 3 aliphatic rings. The van der Waals surface area contributed by atoms with Crippen LogP contribution in [0.4, 0.5) is 0 Å². The molecular weight excluding hydrogens is 1030 g/mol. The van der Waals surface area contributed by atoms with Gasteiger partial charge in [-0.3, -0.25) is 71.1 Å². The summed E-state index contributed by atoms with van der Waals surface area (Å²) in [5, 5.41) is 0. The van der Waals surface area contributed by atoms with Gasteiger partial charge in [0.05, 0.1) is 0 Å². The molecule has 31 nitrogen and oxygen atoms in total. The SMILES string of the molecule is CC(=O)OC[C@H]1O[C@@H](OP(=O)(O[C@@H]2O[C@H](COC(C)=O)[C@@H](OC(C)=O)[C@H](OC(C)=O)[C@@H]2OC(C)=O)O[C@@H]2O[C@H](COC(C)=O)[C@@H](OC(C)=O)[C@H](OC(C)=O)[C@@H]2OC(C)=O)[C@@H](OC(C)=O)[C@@H](OC(C)=O)[C@@H]1OC(C)=O. The van der Waals surface area contributed by atoms with E-state index in [2.05, 4.69) is 0 Å². The van der Waals surface area contributed by atoms with Crippen LogP contribution < -0.4 is 0 Å². The molecule has 0 bridgehead atoms. The number of esters is 12. The molecular formula is C42H57O31P. The van der Waals surface area contributed by atoms with Crippen molar-refractivity contribution in [3.8, 4) is 0 Å². The van der Waals surface area contributed by atoms with Crippen molar-refractivity contribution in [1.29, 1.82) is 0 Å². The Morgan fingerprint density at radius 3 is 0.635 bits per heavy atom. The molecule has 0 saturated carbocycles. The van der Waals surface area contributed by atoms with Crippen molar-refractivity contribution in [1.82, 2.24) is 0 Å². The number of rotatable bonds is 21. The Morgan fingerprint density at radius 1 is 0.284 bits per heavy atom. The van der Waals surface area contributed by atoms with Crippen LogP contribution in [0.25, 0.3) is 0 Å². The molecule has 3 saturated heterocycles. The summed E-state index contributed by atoms with van der Waals surface area (Å²) in [6.45, 7) is 8.04. The Hall–Kier alpha value is -6.37. The van der Waals surface area contributed by atoms with Crippen molar-refractivity contribution in [2.45, 2.75) is 175 Å². The Labute approximate surface area is 420 Å². The largest absolute Gasteiger partial charge is 0.482 e. The summed E-state index contributed by atoms with van der Waals surface area (Å²) in [5.74, 6) is -13.1. The highest BCUT2D eigenvalue weighted by atomic mass is 31.2. The summed E-state index contributed by atoms with van der Waals surface area (Å²) >= 11 is 0. The second-order valence-corrected chi connectivity index (χ2v) is 17.5. The summed E-state index contributed by atoms with van der Waals surface area (Å²) in [5.41, 5.74) is 0. The predicted octanol–water partition coefficient (Wildman–Crippen LogP) is -0.606. The Balaban J connectivity index is 2.50. The van der Waals surface area contributed by atoms with Crippen LogP contribution in [0.15, 0.2) is 0 Å². The van der Waals surface area contributed by atoms with Crippen LogP contribution in [0.1, 0.15) is 83.1 Å². The predicted molar refractivity (Wildman–Crippen MR) is 227 cm³/mol. The number of hydrogen-bond acceptors (Lipinski definition) is 31. The van der Waals surface area contributed by atoms with Crippen molar-refractivity contribution in [2.75, 3.05) is 19.8 Å². The lowest BCUT2D eigenvalue weighted by Crippen LogP contribution is -2.64. The lowest BCUT2D eigenvalue weighted by molar-refractivity contribution is -0.317. The van der Waals surface area contributed by atoms with Crippen molar-refractivity contribution in [3.63, 3.8) is 0 Å². The van der Waals surface area contributed by atoms with Gasteiger partial charge < -0.3 is 71.1 Å². The van der Waals surface area contributed by atoms with Crippen molar-refractivity contribution in [2.24, 2.45) is 0 Å². The first-order valence-electron chi connectivity index (χ1n) is 22.0. The number of carbonyl (C=O) groups is 12. The van der Waals surface area contributed by atoms with Crippen molar-refractivity contribution in [3.05, 3.63) is 0 Å². The standard InChI is InChI=1S/C42H57O31P/c1-16(43)56-13-28-31(59-19(4)46)34(62-22(7)49)37(65-25(10)52)40(68-28)71-74(55,72-41-38(66-26(11)53)35(63-23(8)50)32(60-20(5)47)29(69-41)14-57-17(2)44)73-42-39(67-27(12)54)36(64-24(9)51)33(61-21(6)48)30(70-42)15-58-18(3)45/h28-42H,13-15H2,1-12H3/t28-,29-,30-,31-,32-,33-,34+,35+,36+,37+,38+,39+,40+,41+,42+/m1/s1. The highest BCUT2D eigenvalue weighted by molar-refractivity contribution is 7.48. The second kappa shape index (κ2) is 27.8. The van der Waals surface area contributed by atoms with Gasteiger partial charge in [0.1, 0.15) is 38.1 Å². The summed E-state index contributed by atoms with van der Waals surface area (Å²) in [6, 6.07) is 0. The van der Waals surface area contributed by atoms with Gasteiger partial charge in [0.2, 0.25) is 18.9 Å². The van der Waals surface area contributed by atoms with Crippen LogP contribution in [0.5, 0.6) is 0 Å². The lowest BCUT2D eigenvalue weighted by atomic mass is 9.98. The summed E-state index contributed by atoms with van der Waals surface area (Å²) < 4.78 is 116. The van der Waals surface area contributed by atoms with Crippen LogP contribution in [0, 0.1) is 0 Å². The van der Waals surface area contributed by atoms with E-state index in [-0.39, 0.29) is 0 Å². The molecule has 0 radical (unpaired) electrons. The molecule has 0 aliphatic carbocycles. The lowest BCUT2D eigenvalue weighted by Gasteiger charge is -2.47. The molecule has 0 N–H and O–H groups in total. The fourth-order valence-corrected chi connectivity index (χ4v) is 8.70. The van der Waals surface area contributed by atoms with Crippen molar-refractivity contribution >= 4 is 79.5 Å². The van der Waals surface area contributed by atoms with E-state index < -0.39 is 191 Å². The van der Waals surface area contributed by atoms with Gasteiger partial charge in [-0.2, -0.15) is 0 Å². The minimum atomic E-state index is -6.20. The average molecular weight is 1090 g/mol. The Bertz CT molecular complexity index is 1930. The molecule has 3 aliphatic heterocycles. The third kappa shape index (κ3) is 19.2. The van der Waals surface area contributed by atoms with Gasteiger partial charge in [-0.05, 0) is 0 Å². The molecule has 0 aromatic rings. The van der Waals surface area contributed by atoms with E-state index in [4.69, 9.17) is 84.6 Å². The topological polar surface area (TPSA) is 388 Å². The molecule has 32 heteroatoms. The fourth-order valence-electron chi connectivity index (χ4n) is 7.28. The molecule has 0 spiro atoms. The maximum absolute atomic E-state index is 16.0. The van der Waals surface area contributed by atoms with Gasteiger partial charge in [0.15, 0.2) is 54.9 Å². The van der Waals surface area contributed by atoms with Gasteiger partial charge >= 0.3 is 79.5 Å². The van der Waals surface area contributed by atoms with Gasteiger partial charge in [0, 0.05) is 83.1 Å². The molecule has 15 atom stereocenters. The number of phosphoric acid groups is 1. The van der Waals surface area contributed by atoms with E-state index in [9.17, 15) is 57.5 Å². The quantitative estimate of drug-likeness (QED) is 0.0786. The number of hydrogen-bond donors (Lipinski definition) is 0. The average Bonchev–Trinajstić information content (AvgIpc) is 3.23. The zero-order valence-electron chi connectivity index (χ0n) is 41.9. The molecule has 416 valence electrons. The second-order valence-electron chi connectivity index (χ2n) is 16.0. The zero-order chi connectivity index (χ0) is 55.9. The molecule has 74 heavy (non-hydrogen) atoms. The van der Waals surface area contributed by atoms with Crippen LogP contribution in [0.3, 0.4) is 0 Å². The van der Waals surface area contributed by atoms with Crippen LogP contribution >= 0.6 is 7.82 Å². The first-order valence-corrected chi connectivity index (χ1v) is 23.4. The normalized spacial score (nSPS) is 29.5. The van der Waals surface area contributed by atoms with E-state index in [0.717, 1.165) is 83.1 Å². The highest BCUT2D eigenvalue weighted by Gasteiger charge is 2.61. The summed E-state index contributed by atoms with van der Waals surface area (Å²) in [7, 11) is -6.20. The summed E-state index contributed by atoms with van der Waals surface area (Å²) in [6.07, 6.45) is -31.4. The number of carbonyl (C=O) groups excluding carboxylic acids is 12. The van der Waals surface area contributed by atoms with Crippen LogP contribution in [0.2, 0.25) is 0 Å². The monoisotopic (exact) mass is 1090 g/mol. The fraction of sp³-hybridized carbons (Fsp3) is 0.714. The minimum absolute atomic E-state index is 0.829. The van der Waals surface area contributed by atoms with E-state index in [0.29, 0.717) is 0 Å². The van der Waals surface area contributed by atoms with Crippen LogP contribution in [-0.4, -0.2) is 184 Å². The van der Waals surface area contributed by atoms with Crippen LogP contribution in [-0.2, 0) is 147 Å². The zero-order valence-corrected chi connectivity index (χ0v) is 42.8. The molecule has 0 unspecified atom stereocenters. The van der Waals surface area contributed by atoms with E-state index in [1.54, 1.807) is 0 Å². The molecule has 3 heterocycles. The third-order valence-corrected chi connectivity index (χ3v) is 10.9. The molecule has 0 aromatic carbocycles. The van der Waals surface area contributed by atoms with Gasteiger partial charge in [-0.25, -0.2) is 4.57 Å². The molecule has 3 fully saturated rings. The van der Waals surface area contributed by atoms with Gasteiger partial charge in [-0.1, -0.05) is 0 Å². The molecule has 0 aromatic heterocycles. The van der Waals surface area contributed by atoms with Gasteiger partial charge in [-0.15, -0.1) is 0 Å². The number of phosphoric ester groups is 1. The smallest absolute Gasteiger partial charge is 0.463 e. The maximum atomic E-state index is 16.0. The molecule has 0 amide bonds. The Morgan fingerprint density at radius 2 is 0.459 bits per heavy atom. The Kier molecular flexibility index (Phi) is 23.3. The van der Waals surface area contributed by atoms with E-state index in [1.807, 2.05) is 0 Å². The van der Waals surface area contributed by atoms with Gasteiger partial charge in [0.25, 0.3) is 0 Å². The molecule has 3 rings (SSSR count).